The summed E-state index contributed by atoms with van der Waals surface area (Å²) in [6.45, 7) is 1.90. The average molecular weight is 438 g/mol. The lowest BCUT2D eigenvalue weighted by atomic mass is 10.2. The number of carbonyl (C=O) groups is 2. The summed E-state index contributed by atoms with van der Waals surface area (Å²) >= 11 is 6.03. The predicted octanol–water partition coefficient (Wildman–Crippen LogP) is 3.58. The maximum absolute atomic E-state index is 13.7. The van der Waals surface area contributed by atoms with Crippen LogP contribution in [-0.2, 0) is 16.1 Å². The van der Waals surface area contributed by atoms with Crippen LogP contribution in [0.3, 0.4) is 0 Å². The molecule has 3 heterocycles. The van der Waals surface area contributed by atoms with E-state index in [9.17, 15) is 18.4 Å². The predicted molar refractivity (Wildman–Crippen MR) is 104 cm³/mol. The van der Waals surface area contributed by atoms with Gasteiger partial charge in [0.25, 0.3) is 5.91 Å². The first-order valence-corrected chi connectivity index (χ1v) is 9.35. The number of primary amides is 1. The summed E-state index contributed by atoms with van der Waals surface area (Å²) < 4.78 is 38.8. The highest BCUT2D eigenvalue weighted by molar-refractivity contribution is 6.30. The molecule has 7 nitrogen and oxygen atoms in total. The molecule has 10 heteroatoms. The number of cyclic esters (lactones) is 1. The largest absolute Gasteiger partial charge is 0.485 e. The number of halogens is 3. The first kappa shape index (κ1) is 21.5. The van der Waals surface area contributed by atoms with Gasteiger partial charge in [-0.25, -0.2) is 13.8 Å². The number of hydrogen-bond donors (Lipinski definition) is 1. The number of hydrogen-bond acceptors (Lipinski definition) is 5. The Labute approximate surface area is 175 Å². The number of esters is 1. The number of benzene rings is 1. The highest BCUT2D eigenvalue weighted by atomic mass is 35.5. The molecule has 0 radical (unpaired) electrons. The molecular weight excluding hydrogens is 420 g/mol. The zero-order valence-electron chi connectivity index (χ0n) is 16.0. The number of imidazole rings is 1. The Kier molecular flexibility index (Phi) is 6.51. The molecule has 2 aromatic heterocycles. The number of ether oxygens (including phenoxy) is 2. The van der Waals surface area contributed by atoms with Crippen molar-refractivity contribution in [3.63, 3.8) is 0 Å². The number of carbonyl (C=O) groups excluding carboxylic acids is 2. The van der Waals surface area contributed by atoms with E-state index in [1.807, 2.05) is 0 Å². The number of nitrogens with zero attached hydrogens (tertiary/aromatic N) is 2. The fourth-order valence-corrected chi connectivity index (χ4v) is 3.09. The minimum atomic E-state index is -0.717. The quantitative estimate of drug-likeness (QED) is 0.629. The van der Waals surface area contributed by atoms with E-state index in [0.29, 0.717) is 18.7 Å². The number of nitrogens with two attached hydrogens (primary N) is 1. The first-order chi connectivity index (χ1) is 14.3. The van der Waals surface area contributed by atoms with Crippen LogP contribution in [0.5, 0.6) is 5.75 Å². The Morgan fingerprint density at radius 3 is 2.60 bits per heavy atom. The van der Waals surface area contributed by atoms with Crippen LogP contribution in [-0.4, -0.2) is 27.9 Å². The molecule has 4 rings (SSSR count). The zero-order chi connectivity index (χ0) is 21.8. The van der Waals surface area contributed by atoms with E-state index in [-0.39, 0.29) is 40.3 Å². The van der Waals surface area contributed by atoms with Gasteiger partial charge in [0.05, 0.1) is 22.9 Å². The van der Waals surface area contributed by atoms with Crippen LogP contribution in [0.1, 0.15) is 34.6 Å². The molecule has 1 aliphatic rings. The maximum atomic E-state index is 13.7. The molecule has 0 atom stereocenters. The molecule has 0 aliphatic carbocycles. The Bertz CT molecular complexity index is 1090. The van der Waals surface area contributed by atoms with Crippen LogP contribution in [0.4, 0.5) is 8.78 Å². The van der Waals surface area contributed by atoms with Gasteiger partial charge in [0.2, 0.25) is 0 Å². The van der Waals surface area contributed by atoms with Crippen molar-refractivity contribution in [2.75, 3.05) is 6.61 Å². The smallest absolute Gasteiger partial charge is 0.305 e. The number of aromatic nitrogens is 2. The van der Waals surface area contributed by atoms with Crippen molar-refractivity contribution in [1.29, 1.82) is 0 Å². The topological polar surface area (TPSA) is 95.9 Å². The van der Waals surface area contributed by atoms with Crippen LogP contribution in [0.2, 0.25) is 5.02 Å². The summed E-state index contributed by atoms with van der Waals surface area (Å²) in [5.74, 6) is -1.97. The molecule has 1 saturated heterocycles. The van der Waals surface area contributed by atoms with Crippen molar-refractivity contribution in [2.45, 2.75) is 26.4 Å². The lowest BCUT2D eigenvalue weighted by Gasteiger charge is -2.10. The van der Waals surface area contributed by atoms with Gasteiger partial charge in [-0.2, -0.15) is 0 Å². The Morgan fingerprint density at radius 2 is 2.07 bits per heavy atom. The molecular formula is C20H18ClF2N3O4. The number of rotatable bonds is 4. The summed E-state index contributed by atoms with van der Waals surface area (Å²) in [5.41, 5.74) is 5.97. The number of pyridine rings is 1. The molecule has 1 aliphatic heterocycles. The lowest BCUT2D eigenvalue weighted by molar-refractivity contribution is -0.137. The Morgan fingerprint density at radius 1 is 1.37 bits per heavy atom. The number of amides is 1. The van der Waals surface area contributed by atoms with Crippen LogP contribution in [0, 0.1) is 18.6 Å². The minimum Gasteiger partial charge on any atom is -0.485 e. The van der Waals surface area contributed by atoms with Crippen molar-refractivity contribution >= 4 is 29.1 Å². The van der Waals surface area contributed by atoms with Crippen molar-refractivity contribution < 1.29 is 27.8 Å². The van der Waals surface area contributed by atoms with Crippen molar-refractivity contribution in [1.82, 2.24) is 9.38 Å². The van der Waals surface area contributed by atoms with Gasteiger partial charge in [-0.05, 0) is 25.5 Å². The third-order valence-corrected chi connectivity index (χ3v) is 4.49. The van der Waals surface area contributed by atoms with Crippen LogP contribution < -0.4 is 10.5 Å². The van der Waals surface area contributed by atoms with E-state index in [0.717, 1.165) is 18.6 Å². The van der Waals surface area contributed by atoms with Crippen molar-refractivity contribution in [2.24, 2.45) is 5.73 Å². The fraction of sp³-hybridized carbons (Fsp3) is 0.250. The zero-order valence-corrected chi connectivity index (χ0v) is 16.7. The van der Waals surface area contributed by atoms with E-state index >= 15 is 0 Å². The van der Waals surface area contributed by atoms with Gasteiger partial charge in [0.15, 0.2) is 11.4 Å². The molecule has 1 fully saturated rings. The van der Waals surface area contributed by atoms with E-state index in [4.69, 9.17) is 22.1 Å². The highest BCUT2D eigenvalue weighted by Gasteiger charge is 2.18. The van der Waals surface area contributed by atoms with Gasteiger partial charge < -0.3 is 15.2 Å². The van der Waals surface area contributed by atoms with Gasteiger partial charge in [0, 0.05) is 18.7 Å². The normalized spacial score (nSPS) is 13.0. The average Bonchev–Trinajstić information content (AvgIpc) is 3.27. The first-order valence-electron chi connectivity index (χ1n) is 8.97. The van der Waals surface area contributed by atoms with Crippen LogP contribution in [0.25, 0.3) is 5.65 Å². The fourth-order valence-electron chi connectivity index (χ4n) is 2.89. The third kappa shape index (κ3) is 4.68. The van der Waals surface area contributed by atoms with E-state index < -0.39 is 17.5 Å². The van der Waals surface area contributed by atoms with Gasteiger partial charge >= 0.3 is 5.97 Å². The molecule has 3 aromatic rings. The highest BCUT2D eigenvalue weighted by Crippen LogP contribution is 2.27. The van der Waals surface area contributed by atoms with Crippen LogP contribution in [0.15, 0.2) is 30.5 Å². The van der Waals surface area contributed by atoms with E-state index in [2.05, 4.69) is 9.72 Å². The molecule has 2 N–H and O–H groups in total. The number of aryl methyl sites for hydroxylation is 1. The molecule has 1 aromatic carbocycles. The second kappa shape index (κ2) is 9.08. The molecule has 0 spiro atoms. The van der Waals surface area contributed by atoms with Crippen molar-refractivity contribution in [3.8, 4) is 5.75 Å². The summed E-state index contributed by atoms with van der Waals surface area (Å²) in [6.07, 6.45) is 3.01. The molecule has 0 unspecified atom stereocenters. The Hall–Kier alpha value is -3.20. The maximum Gasteiger partial charge on any atom is 0.305 e. The summed E-state index contributed by atoms with van der Waals surface area (Å²) in [5, 5.41) is 0.256. The molecule has 1 amide bonds. The second-order valence-corrected chi connectivity index (χ2v) is 6.88. The van der Waals surface area contributed by atoms with Gasteiger partial charge in [-0.3, -0.25) is 14.0 Å². The number of fused-ring (bicyclic) bond motifs is 1. The monoisotopic (exact) mass is 437 g/mol. The Balaban J connectivity index is 0.000000367. The summed E-state index contributed by atoms with van der Waals surface area (Å²) in [4.78, 5) is 25.8. The van der Waals surface area contributed by atoms with Gasteiger partial charge in [0.1, 0.15) is 23.9 Å². The SMILES string of the molecule is Cc1nc2c(OCc3c(F)cccc3F)cc(Cl)cn2c1C(N)=O.O=C1CCCO1. The molecule has 0 bridgehead atoms. The van der Waals surface area contributed by atoms with Gasteiger partial charge in [-0.1, -0.05) is 17.7 Å². The lowest BCUT2D eigenvalue weighted by Crippen LogP contribution is -2.15. The second-order valence-electron chi connectivity index (χ2n) is 6.44. The third-order valence-electron chi connectivity index (χ3n) is 4.28. The van der Waals surface area contributed by atoms with E-state index in [1.165, 1.54) is 22.7 Å². The van der Waals surface area contributed by atoms with Gasteiger partial charge in [-0.15, -0.1) is 0 Å². The van der Waals surface area contributed by atoms with Crippen molar-refractivity contribution in [3.05, 3.63) is 64.1 Å². The summed E-state index contributed by atoms with van der Waals surface area (Å²) in [7, 11) is 0. The summed E-state index contributed by atoms with van der Waals surface area (Å²) in [6, 6.07) is 5.00. The molecule has 0 saturated carbocycles. The molecule has 158 valence electrons. The van der Waals surface area contributed by atoms with Crippen LogP contribution >= 0.6 is 11.6 Å². The molecule has 30 heavy (non-hydrogen) atoms. The standard InChI is InChI=1S/C16H12ClF2N3O2.C4H6O2/c1-8-14(15(20)23)22-6-9(17)5-13(16(22)21-8)24-7-10-11(18)3-2-4-12(10)19;5-4-2-1-3-6-4/h2-6H,7H2,1H3,(H2,20,23);1-3H2. The minimum absolute atomic E-state index is 0.0463. The van der Waals surface area contributed by atoms with E-state index in [1.54, 1.807) is 6.92 Å².